The Bertz CT molecular complexity index is 651. The van der Waals surface area contributed by atoms with Gasteiger partial charge in [0.1, 0.15) is 11.5 Å². The first-order chi connectivity index (χ1) is 10.6. The smallest absolute Gasteiger partial charge is 0.328 e. The minimum atomic E-state index is -0.437. The van der Waals surface area contributed by atoms with E-state index in [0.29, 0.717) is 17.8 Å². The molecule has 2 heterocycles. The number of likely N-dealkylation sites (N-methyl/N-ethyl adjacent to an activating group) is 1. The zero-order chi connectivity index (χ0) is 15.7. The standard InChI is InChI=1S/C16H18FN3O2/c1-2-20-15(21)13(18-16(20)22)10-11-5-6-14(12(17)9-11)19-7-3-4-8-19/h5-6,9-10H,2-4,7-8H2,1H3,(H,18,22)/b13-10+. The van der Waals surface area contributed by atoms with Crippen LogP contribution in [-0.2, 0) is 4.79 Å². The molecule has 2 fully saturated rings. The third kappa shape index (κ3) is 2.56. The van der Waals surface area contributed by atoms with Gasteiger partial charge in [-0.1, -0.05) is 6.07 Å². The Morgan fingerprint density at radius 1 is 1.27 bits per heavy atom. The summed E-state index contributed by atoms with van der Waals surface area (Å²) in [6.07, 6.45) is 3.67. The van der Waals surface area contributed by atoms with Crippen LogP contribution < -0.4 is 10.2 Å². The summed E-state index contributed by atoms with van der Waals surface area (Å²) in [5.41, 5.74) is 1.33. The Balaban J connectivity index is 1.84. The fourth-order valence-electron chi connectivity index (χ4n) is 2.85. The molecule has 0 spiro atoms. The predicted octanol–water partition coefficient (Wildman–Crippen LogP) is 2.34. The van der Waals surface area contributed by atoms with Crippen LogP contribution in [0.3, 0.4) is 0 Å². The van der Waals surface area contributed by atoms with Crippen LogP contribution in [0.1, 0.15) is 25.3 Å². The van der Waals surface area contributed by atoms with Gasteiger partial charge in [0, 0.05) is 19.6 Å². The number of nitrogens with zero attached hydrogens (tertiary/aromatic N) is 2. The van der Waals surface area contributed by atoms with Crippen LogP contribution in [0, 0.1) is 5.82 Å². The number of imide groups is 1. The van der Waals surface area contributed by atoms with Crippen molar-refractivity contribution in [3.8, 4) is 0 Å². The van der Waals surface area contributed by atoms with Crippen LogP contribution in [0.4, 0.5) is 14.9 Å². The summed E-state index contributed by atoms with van der Waals surface area (Å²) >= 11 is 0. The van der Waals surface area contributed by atoms with E-state index >= 15 is 0 Å². The van der Waals surface area contributed by atoms with Gasteiger partial charge in [0.2, 0.25) is 0 Å². The van der Waals surface area contributed by atoms with Crippen LogP contribution >= 0.6 is 0 Å². The van der Waals surface area contributed by atoms with Crippen LogP contribution in [-0.4, -0.2) is 36.5 Å². The quantitative estimate of drug-likeness (QED) is 0.689. The van der Waals surface area contributed by atoms with Gasteiger partial charge in [0.15, 0.2) is 0 Å². The molecule has 0 aliphatic carbocycles. The van der Waals surface area contributed by atoms with E-state index in [0.717, 1.165) is 30.8 Å². The van der Waals surface area contributed by atoms with Crippen LogP contribution in [0.2, 0.25) is 0 Å². The zero-order valence-electron chi connectivity index (χ0n) is 12.4. The number of carbonyl (C=O) groups excluding carboxylic acids is 2. The highest BCUT2D eigenvalue weighted by Gasteiger charge is 2.32. The highest BCUT2D eigenvalue weighted by molar-refractivity contribution is 6.13. The number of carbonyl (C=O) groups is 2. The molecule has 6 heteroatoms. The molecule has 22 heavy (non-hydrogen) atoms. The molecule has 0 bridgehead atoms. The van der Waals surface area contributed by atoms with E-state index in [1.165, 1.54) is 12.1 Å². The van der Waals surface area contributed by atoms with E-state index in [4.69, 9.17) is 0 Å². The van der Waals surface area contributed by atoms with Crippen molar-refractivity contribution in [2.24, 2.45) is 0 Å². The van der Waals surface area contributed by atoms with E-state index in [1.54, 1.807) is 19.1 Å². The lowest BCUT2D eigenvalue weighted by atomic mass is 10.1. The van der Waals surface area contributed by atoms with E-state index < -0.39 is 6.03 Å². The molecule has 0 radical (unpaired) electrons. The maximum absolute atomic E-state index is 14.2. The first-order valence-electron chi connectivity index (χ1n) is 7.49. The number of nitrogens with one attached hydrogen (secondary N) is 1. The van der Waals surface area contributed by atoms with Crippen molar-refractivity contribution in [1.29, 1.82) is 0 Å². The summed E-state index contributed by atoms with van der Waals surface area (Å²) in [6, 6.07) is 4.45. The van der Waals surface area contributed by atoms with E-state index in [9.17, 15) is 14.0 Å². The van der Waals surface area contributed by atoms with Crippen molar-refractivity contribution >= 4 is 23.7 Å². The fraction of sp³-hybridized carbons (Fsp3) is 0.375. The number of amides is 3. The van der Waals surface area contributed by atoms with Crippen LogP contribution in [0.15, 0.2) is 23.9 Å². The van der Waals surface area contributed by atoms with Gasteiger partial charge in [-0.2, -0.15) is 0 Å². The van der Waals surface area contributed by atoms with Crippen molar-refractivity contribution in [2.75, 3.05) is 24.5 Å². The number of rotatable bonds is 3. The maximum atomic E-state index is 14.2. The Morgan fingerprint density at radius 3 is 2.59 bits per heavy atom. The minimum Gasteiger partial charge on any atom is -0.369 e. The van der Waals surface area contributed by atoms with Crippen molar-refractivity contribution < 1.29 is 14.0 Å². The number of urea groups is 1. The molecule has 1 aromatic rings. The molecule has 2 saturated heterocycles. The van der Waals surface area contributed by atoms with Gasteiger partial charge in [-0.05, 0) is 43.5 Å². The van der Waals surface area contributed by atoms with Gasteiger partial charge >= 0.3 is 6.03 Å². The number of halogens is 1. The second kappa shape index (κ2) is 5.79. The van der Waals surface area contributed by atoms with E-state index in [2.05, 4.69) is 5.32 Å². The molecule has 116 valence electrons. The third-order valence-electron chi connectivity index (χ3n) is 4.01. The number of hydrogen-bond donors (Lipinski definition) is 1. The Kier molecular flexibility index (Phi) is 3.83. The molecule has 3 amide bonds. The summed E-state index contributed by atoms with van der Waals surface area (Å²) in [5, 5.41) is 2.51. The van der Waals surface area contributed by atoms with Gasteiger partial charge in [-0.15, -0.1) is 0 Å². The average molecular weight is 303 g/mol. The Labute approximate surface area is 128 Å². The van der Waals surface area contributed by atoms with Gasteiger partial charge in [0.05, 0.1) is 5.69 Å². The predicted molar refractivity (Wildman–Crippen MR) is 81.7 cm³/mol. The molecule has 1 N–H and O–H groups in total. The van der Waals surface area contributed by atoms with Crippen LogP contribution in [0.5, 0.6) is 0 Å². The SMILES string of the molecule is CCN1C(=O)N/C(=C/c2ccc(N3CCCC3)c(F)c2)C1=O. The van der Waals surface area contributed by atoms with E-state index in [-0.39, 0.29) is 17.4 Å². The van der Waals surface area contributed by atoms with Gasteiger partial charge in [-0.25, -0.2) is 9.18 Å². The molecular formula is C16H18FN3O2. The van der Waals surface area contributed by atoms with Crippen molar-refractivity contribution in [3.05, 3.63) is 35.3 Å². The zero-order valence-corrected chi connectivity index (χ0v) is 12.4. The second-order valence-electron chi connectivity index (χ2n) is 5.44. The lowest BCUT2D eigenvalue weighted by Gasteiger charge is -2.18. The third-order valence-corrected chi connectivity index (χ3v) is 4.01. The van der Waals surface area contributed by atoms with E-state index in [1.807, 2.05) is 4.90 Å². The molecule has 3 rings (SSSR count). The van der Waals surface area contributed by atoms with Gasteiger partial charge in [0.25, 0.3) is 5.91 Å². The average Bonchev–Trinajstić information content (AvgIpc) is 3.09. The first kappa shape index (κ1) is 14.6. The van der Waals surface area contributed by atoms with Gasteiger partial charge in [-0.3, -0.25) is 9.69 Å². The maximum Gasteiger partial charge on any atom is 0.328 e. The molecule has 2 aliphatic heterocycles. The Hall–Kier alpha value is -2.37. The summed E-state index contributed by atoms with van der Waals surface area (Å²) < 4.78 is 14.2. The molecular weight excluding hydrogens is 285 g/mol. The highest BCUT2D eigenvalue weighted by atomic mass is 19.1. The fourth-order valence-corrected chi connectivity index (χ4v) is 2.85. The monoisotopic (exact) mass is 303 g/mol. The highest BCUT2D eigenvalue weighted by Crippen LogP contribution is 2.25. The molecule has 2 aliphatic rings. The number of anilines is 1. The molecule has 5 nitrogen and oxygen atoms in total. The summed E-state index contributed by atoms with van der Waals surface area (Å²) in [5.74, 6) is -0.683. The topological polar surface area (TPSA) is 52.7 Å². The normalized spacial score (nSPS) is 20.2. The van der Waals surface area contributed by atoms with Crippen molar-refractivity contribution in [3.63, 3.8) is 0 Å². The first-order valence-corrected chi connectivity index (χ1v) is 7.49. The Morgan fingerprint density at radius 2 is 2.00 bits per heavy atom. The van der Waals surface area contributed by atoms with Gasteiger partial charge < -0.3 is 10.2 Å². The minimum absolute atomic E-state index is 0.181. The molecule has 0 aromatic heterocycles. The summed E-state index contributed by atoms with van der Waals surface area (Å²) in [6.45, 7) is 3.78. The number of benzene rings is 1. The van der Waals surface area contributed by atoms with Crippen molar-refractivity contribution in [2.45, 2.75) is 19.8 Å². The van der Waals surface area contributed by atoms with Crippen molar-refractivity contribution in [1.82, 2.24) is 10.2 Å². The lowest BCUT2D eigenvalue weighted by Crippen LogP contribution is -2.30. The summed E-state index contributed by atoms with van der Waals surface area (Å²) in [4.78, 5) is 26.7. The molecule has 0 unspecified atom stereocenters. The van der Waals surface area contributed by atoms with Crippen LogP contribution in [0.25, 0.3) is 6.08 Å². The molecule has 0 atom stereocenters. The summed E-state index contributed by atoms with van der Waals surface area (Å²) in [7, 11) is 0. The molecule has 0 saturated carbocycles. The second-order valence-corrected chi connectivity index (χ2v) is 5.44. The molecule has 1 aromatic carbocycles. The largest absolute Gasteiger partial charge is 0.369 e. The lowest BCUT2D eigenvalue weighted by molar-refractivity contribution is -0.122. The number of hydrogen-bond acceptors (Lipinski definition) is 3.